The lowest BCUT2D eigenvalue weighted by Gasteiger charge is -2.22. The van der Waals surface area contributed by atoms with Gasteiger partial charge in [0.2, 0.25) is 0 Å². The van der Waals surface area contributed by atoms with Gasteiger partial charge in [0.15, 0.2) is 0 Å². The number of thiophene rings is 1. The first-order valence-corrected chi connectivity index (χ1v) is 9.43. The summed E-state index contributed by atoms with van der Waals surface area (Å²) < 4.78 is 33.5. The molecule has 0 aliphatic heterocycles. The molecular weight excluding hydrogens is 342 g/mol. The van der Waals surface area contributed by atoms with E-state index in [1.807, 2.05) is 38.1 Å². The van der Waals surface area contributed by atoms with Crippen molar-refractivity contribution in [3.8, 4) is 5.75 Å². The molecule has 0 radical (unpaired) electrons. The van der Waals surface area contributed by atoms with E-state index in [9.17, 15) is 8.42 Å². The Kier molecular flexibility index (Phi) is 5.50. The highest BCUT2D eigenvalue weighted by Crippen LogP contribution is 2.29. The topological polar surface area (TPSA) is 55.4 Å². The smallest absolute Gasteiger partial charge is 0.250 e. The van der Waals surface area contributed by atoms with Crippen LogP contribution in [0, 0.1) is 5.92 Å². The number of sulfonamides is 1. The number of nitrogens with one attached hydrogen (secondary N) is 1. The zero-order valence-corrected chi connectivity index (χ0v) is 14.9. The maximum absolute atomic E-state index is 12.5. The van der Waals surface area contributed by atoms with Crippen molar-refractivity contribution < 1.29 is 13.2 Å². The fourth-order valence-electron chi connectivity index (χ4n) is 2.07. The molecule has 2 rings (SSSR count). The third-order valence-corrected chi connectivity index (χ3v) is 6.40. The van der Waals surface area contributed by atoms with Gasteiger partial charge < -0.3 is 4.74 Å². The molecule has 0 aliphatic rings. The number of ether oxygens (including phenoxy) is 1. The Morgan fingerprint density at radius 1 is 1.14 bits per heavy atom. The van der Waals surface area contributed by atoms with Gasteiger partial charge >= 0.3 is 0 Å². The Morgan fingerprint density at radius 2 is 1.77 bits per heavy atom. The van der Waals surface area contributed by atoms with E-state index in [1.54, 1.807) is 13.2 Å². The fraction of sp³-hybridized carbons (Fsp3) is 0.333. The van der Waals surface area contributed by atoms with Crippen LogP contribution in [0.3, 0.4) is 0 Å². The van der Waals surface area contributed by atoms with E-state index in [4.69, 9.17) is 16.3 Å². The Hall–Kier alpha value is -1.08. The minimum absolute atomic E-state index is 0.0959. The summed E-state index contributed by atoms with van der Waals surface area (Å²) in [6.07, 6.45) is 0. The monoisotopic (exact) mass is 359 g/mol. The second-order valence-corrected chi connectivity index (χ2v) is 8.83. The SMILES string of the molecule is COc1ccc([C@@H](NS(=O)(=O)c2ccc(Cl)s2)C(C)C)cc1. The minimum Gasteiger partial charge on any atom is -0.497 e. The molecule has 120 valence electrons. The summed E-state index contributed by atoms with van der Waals surface area (Å²) in [4.78, 5) is 0. The maximum atomic E-state index is 12.5. The van der Waals surface area contributed by atoms with E-state index in [0.717, 1.165) is 22.6 Å². The molecule has 0 aliphatic carbocycles. The van der Waals surface area contributed by atoms with E-state index >= 15 is 0 Å². The predicted octanol–water partition coefficient (Wildman–Crippen LogP) is 4.09. The Balaban J connectivity index is 2.28. The molecule has 1 atom stereocenters. The molecule has 0 unspecified atom stereocenters. The molecule has 1 N–H and O–H groups in total. The van der Waals surface area contributed by atoms with Crippen LogP contribution in [0.15, 0.2) is 40.6 Å². The number of methoxy groups -OCH3 is 1. The fourth-order valence-corrected chi connectivity index (χ4v) is 4.94. The van der Waals surface area contributed by atoms with Crippen molar-refractivity contribution in [1.82, 2.24) is 4.72 Å². The third-order valence-electron chi connectivity index (χ3n) is 3.24. The summed E-state index contributed by atoms with van der Waals surface area (Å²) in [5.41, 5.74) is 0.891. The lowest BCUT2D eigenvalue weighted by atomic mass is 9.97. The highest BCUT2D eigenvalue weighted by atomic mass is 35.5. The summed E-state index contributed by atoms with van der Waals surface area (Å²) in [5.74, 6) is 0.831. The molecule has 0 bridgehead atoms. The molecular formula is C15H18ClNO3S2. The van der Waals surface area contributed by atoms with E-state index in [-0.39, 0.29) is 16.2 Å². The Bertz CT molecular complexity index is 724. The standard InChI is InChI=1S/C15H18ClNO3S2/c1-10(2)15(11-4-6-12(20-3)7-5-11)17-22(18,19)14-9-8-13(16)21-14/h4-10,15,17H,1-3H3/t15-/m0/s1. The van der Waals surface area contributed by atoms with Crippen molar-refractivity contribution in [3.05, 3.63) is 46.3 Å². The molecule has 0 saturated carbocycles. The zero-order valence-electron chi connectivity index (χ0n) is 12.5. The van der Waals surface area contributed by atoms with Crippen LogP contribution in [0.4, 0.5) is 0 Å². The van der Waals surface area contributed by atoms with Crippen LogP contribution in [-0.4, -0.2) is 15.5 Å². The quantitative estimate of drug-likeness (QED) is 0.845. The zero-order chi connectivity index (χ0) is 16.3. The first-order chi connectivity index (χ1) is 10.3. The van der Waals surface area contributed by atoms with Crippen molar-refractivity contribution in [2.24, 2.45) is 5.92 Å². The van der Waals surface area contributed by atoms with Gasteiger partial charge in [0.1, 0.15) is 9.96 Å². The number of benzene rings is 1. The number of hydrogen-bond acceptors (Lipinski definition) is 4. The molecule has 22 heavy (non-hydrogen) atoms. The van der Waals surface area contributed by atoms with Gasteiger partial charge in [-0.15, -0.1) is 11.3 Å². The van der Waals surface area contributed by atoms with E-state index < -0.39 is 10.0 Å². The second kappa shape index (κ2) is 7.00. The van der Waals surface area contributed by atoms with Crippen LogP contribution >= 0.6 is 22.9 Å². The van der Waals surface area contributed by atoms with Crippen LogP contribution in [0.2, 0.25) is 4.34 Å². The van der Waals surface area contributed by atoms with Crippen molar-refractivity contribution in [1.29, 1.82) is 0 Å². The van der Waals surface area contributed by atoms with Gasteiger partial charge in [-0.05, 0) is 35.7 Å². The summed E-state index contributed by atoms with van der Waals surface area (Å²) >= 11 is 6.87. The lowest BCUT2D eigenvalue weighted by Crippen LogP contribution is -2.31. The van der Waals surface area contributed by atoms with E-state index in [2.05, 4.69) is 4.72 Å². The molecule has 2 aromatic rings. The highest BCUT2D eigenvalue weighted by molar-refractivity contribution is 7.91. The van der Waals surface area contributed by atoms with Gasteiger partial charge in [0.25, 0.3) is 10.0 Å². The number of rotatable bonds is 6. The first-order valence-electron chi connectivity index (χ1n) is 6.75. The van der Waals surface area contributed by atoms with Gasteiger partial charge in [0, 0.05) is 6.04 Å². The minimum atomic E-state index is -3.59. The van der Waals surface area contributed by atoms with Gasteiger partial charge in [-0.1, -0.05) is 37.6 Å². The van der Waals surface area contributed by atoms with Crippen LogP contribution in [0.5, 0.6) is 5.75 Å². The van der Waals surface area contributed by atoms with Crippen molar-refractivity contribution in [3.63, 3.8) is 0 Å². The number of halogens is 1. The van der Waals surface area contributed by atoms with Crippen molar-refractivity contribution in [2.45, 2.75) is 24.1 Å². The van der Waals surface area contributed by atoms with E-state index in [1.165, 1.54) is 6.07 Å². The lowest BCUT2D eigenvalue weighted by molar-refractivity contribution is 0.413. The van der Waals surface area contributed by atoms with Crippen LogP contribution < -0.4 is 9.46 Å². The molecule has 0 amide bonds. The molecule has 0 fully saturated rings. The normalized spacial score (nSPS) is 13.3. The predicted molar refractivity (Wildman–Crippen MR) is 90.2 cm³/mol. The summed E-state index contributed by atoms with van der Waals surface area (Å²) in [6, 6.07) is 10.2. The Morgan fingerprint density at radius 3 is 2.23 bits per heavy atom. The average Bonchev–Trinajstić information content (AvgIpc) is 2.92. The summed E-state index contributed by atoms with van der Waals surface area (Å²) in [6.45, 7) is 3.94. The van der Waals surface area contributed by atoms with Gasteiger partial charge in [-0.2, -0.15) is 0 Å². The largest absolute Gasteiger partial charge is 0.497 e. The average molecular weight is 360 g/mol. The van der Waals surface area contributed by atoms with Crippen LogP contribution in [0.25, 0.3) is 0 Å². The van der Waals surface area contributed by atoms with Crippen LogP contribution in [-0.2, 0) is 10.0 Å². The first kappa shape index (κ1) is 17.3. The van der Waals surface area contributed by atoms with Crippen molar-refractivity contribution in [2.75, 3.05) is 7.11 Å². The van der Waals surface area contributed by atoms with Crippen molar-refractivity contribution >= 4 is 33.0 Å². The molecule has 1 aromatic heterocycles. The second-order valence-electron chi connectivity index (χ2n) is 5.17. The van der Waals surface area contributed by atoms with Crippen LogP contribution in [0.1, 0.15) is 25.5 Å². The highest BCUT2D eigenvalue weighted by Gasteiger charge is 2.25. The summed E-state index contributed by atoms with van der Waals surface area (Å²) in [5, 5.41) is 0. The molecule has 0 spiro atoms. The maximum Gasteiger partial charge on any atom is 0.250 e. The summed E-state index contributed by atoms with van der Waals surface area (Å²) in [7, 11) is -2.00. The van der Waals surface area contributed by atoms with Gasteiger partial charge in [-0.3, -0.25) is 0 Å². The Labute approximate surface area is 140 Å². The van der Waals surface area contributed by atoms with Gasteiger partial charge in [-0.25, -0.2) is 13.1 Å². The molecule has 7 heteroatoms. The third kappa shape index (κ3) is 4.01. The van der Waals surface area contributed by atoms with Gasteiger partial charge in [0.05, 0.1) is 11.4 Å². The molecule has 1 heterocycles. The molecule has 4 nitrogen and oxygen atoms in total. The molecule has 1 aromatic carbocycles. The van der Waals surface area contributed by atoms with E-state index in [0.29, 0.717) is 4.34 Å². The molecule has 0 saturated heterocycles. The number of hydrogen-bond donors (Lipinski definition) is 1.